The van der Waals surface area contributed by atoms with Crippen molar-refractivity contribution in [2.45, 2.75) is 19.0 Å². The van der Waals surface area contributed by atoms with E-state index in [1.807, 2.05) is 30.3 Å². The van der Waals surface area contributed by atoms with E-state index in [9.17, 15) is 4.39 Å². The average Bonchev–Trinajstić information content (AvgIpc) is 2.47. The second kappa shape index (κ2) is 5.02. The molecule has 0 aliphatic carbocycles. The van der Waals surface area contributed by atoms with Crippen molar-refractivity contribution in [3.8, 4) is 0 Å². The highest BCUT2D eigenvalue weighted by atomic mass is 19.1. The highest BCUT2D eigenvalue weighted by Crippen LogP contribution is 2.35. The molecule has 3 heteroatoms. The molecule has 0 radical (unpaired) electrons. The molecule has 0 spiro atoms. The second-order valence-electron chi connectivity index (χ2n) is 4.91. The Bertz CT molecular complexity index is 530. The van der Waals surface area contributed by atoms with Crippen LogP contribution in [0.15, 0.2) is 36.5 Å². The number of hydrogen-bond donors (Lipinski definition) is 1. The summed E-state index contributed by atoms with van der Waals surface area (Å²) in [5, 5.41) is 4.23. The predicted molar refractivity (Wildman–Crippen MR) is 71.2 cm³/mol. The van der Waals surface area contributed by atoms with Gasteiger partial charge in [-0.05, 0) is 49.5 Å². The van der Waals surface area contributed by atoms with Gasteiger partial charge in [0, 0.05) is 11.6 Å². The van der Waals surface area contributed by atoms with Crippen molar-refractivity contribution in [2.75, 3.05) is 13.1 Å². The van der Waals surface area contributed by atoms with Gasteiger partial charge in [0.05, 0.1) is 5.52 Å². The fourth-order valence-corrected chi connectivity index (χ4v) is 2.76. The first kappa shape index (κ1) is 11.6. The third-order valence-electron chi connectivity index (χ3n) is 3.77. The van der Waals surface area contributed by atoms with E-state index < -0.39 is 6.17 Å². The van der Waals surface area contributed by atoms with Crippen LogP contribution in [-0.4, -0.2) is 18.1 Å². The molecule has 2 aromatic rings. The third kappa shape index (κ3) is 2.10. The fraction of sp³-hybridized carbons (Fsp3) is 0.400. The molecular formula is C15H17FN2. The van der Waals surface area contributed by atoms with E-state index in [4.69, 9.17) is 0 Å². The summed E-state index contributed by atoms with van der Waals surface area (Å²) in [6.45, 7) is 1.85. The van der Waals surface area contributed by atoms with Crippen LogP contribution >= 0.6 is 0 Å². The van der Waals surface area contributed by atoms with E-state index in [0.717, 1.165) is 42.4 Å². The molecular weight excluding hydrogens is 227 g/mol. The molecule has 1 aliphatic rings. The van der Waals surface area contributed by atoms with Gasteiger partial charge in [-0.25, -0.2) is 4.39 Å². The number of halogens is 1. The lowest BCUT2D eigenvalue weighted by atomic mass is 9.88. The summed E-state index contributed by atoms with van der Waals surface area (Å²) in [6, 6.07) is 9.58. The number of benzene rings is 1. The van der Waals surface area contributed by atoms with E-state index in [0.29, 0.717) is 0 Å². The van der Waals surface area contributed by atoms with Crippen LogP contribution in [0.5, 0.6) is 0 Å². The van der Waals surface area contributed by atoms with Crippen molar-refractivity contribution in [1.29, 1.82) is 0 Å². The molecule has 0 amide bonds. The molecule has 3 rings (SSSR count). The van der Waals surface area contributed by atoms with E-state index >= 15 is 0 Å². The minimum Gasteiger partial charge on any atom is -0.317 e. The molecule has 1 unspecified atom stereocenters. The third-order valence-corrected chi connectivity index (χ3v) is 3.77. The van der Waals surface area contributed by atoms with E-state index in [1.54, 1.807) is 6.20 Å². The molecule has 1 aromatic carbocycles. The minimum atomic E-state index is -0.875. The van der Waals surface area contributed by atoms with Gasteiger partial charge in [-0.3, -0.25) is 4.98 Å². The highest BCUT2D eigenvalue weighted by molar-refractivity contribution is 5.82. The summed E-state index contributed by atoms with van der Waals surface area (Å²) in [4.78, 5) is 4.29. The Morgan fingerprint density at radius 1 is 1.17 bits per heavy atom. The number of nitrogens with one attached hydrogen (secondary N) is 1. The number of hydrogen-bond acceptors (Lipinski definition) is 2. The Morgan fingerprint density at radius 3 is 2.83 bits per heavy atom. The van der Waals surface area contributed by atoms with Crippen molar-refractivity contribution in [3.63, 3.8) is 0 Å². The first-order valence-corrected chi connectivity index (χ1v) is 6.54. The molecule has 1 atom stereocenters. The van der Waals surface area contributed by atoms with Gasteiger partial charge >= 0.3 is 0 Å². The zero-order valence-electron chi connectivity index (χ0n) is 10.3. The van der Waals surface area contributed by atoms with Crippen molar-refractivity contribution >= 4 is 10.9 Å². The predicted octanol–water partition coefficient (Wildman–Crippen LogP) is 3.25. The van der Waals surface area contributed by atoms with Crippen molar-refractivity contribution in [2.24, 2.45) is 5.92 Å². The maximum absolute atomic E-state index is 14.7. The van der Waals surface area contributed by atoms with Gasteiger partial charge < -0.3 is 5.32 Å². The van der Waals surface area contributed by atoms with Crippen LogP contribution < -0.4 is 5.32 Å². The smallest absolute Gasteiger partial charge is 0.129 e. The SMILES string of the molecule is FC(c1cccc2ncccc12)C1CCNCC1. The maximum atomic E-state index is 14.7. The Balaban J connectivity index is 1.97. The highest BCUT2D eigenvalue weighted by Gasteiger charge is 2.25. The Labute approximate surface area is 106 Å². The van der Waals surface area contributed by atoms with Crippen LogP contribution in [0, 0.1) is 5.92 Å². The number of rotatable bonds is 2. The van der Waals surface area contributed by atoms with Gasteiger partial charge in [-0.2, -0.15) is 0 Å². The van der Waals surface area contributed by atoms with Gasteiger partial charge in [0.15, 0.2) is 0 Å². The quantitative estimate of drug-likeness (QED) is 0.877. The van der Waals surface area contributed by atoms with Gasteiger partial charge in [0.2, 0.25) is 0 Å². The van der Waals surface area contributed by atoms with Crippen LogP contribution in [0.3, 0.4) is 0 Å². The fourth-order valence-electron chi connectivity index (χ4n) is 2.76. The van der Waals surface area contributed by atoms with E-state index in [-0.39, 0.29) is 5.92 Å². The zero-order valence-corrected chi connectivity index (χ0v) is 10.3. The summed E-state index contributed by atoms with van der Waals surface area (Å²) < 4.78 is 14.7. The van der Waals surface area contributed by atoms with Crippen molar-refractivity contribution < 1.29 is 4.39 Å². The summed E-state index contributed by atoms with van der Waals surface area (Å²) in [7, 11) is 0. The Morgan fingerprint density at radius 2 is 2.00 bits per heavy atom. The van der Waals surface area contributed by atoms with E-state index in [2.05, 4.69) is 10.3 Å². The molecule has 18 heavy (non-hydrogen) atoms. The summed E-state index contributed by atoms with van der Waals surface area (Å²) >= 11 is 0. The van der Waals surface area contributed by atoms with Gasteiger partial charge in [-0.15, -0.1) is 0 Å². The van der Waals surface area contributed by atoms with Crippen LogP contribution in [-0.2, 0) is 0 Å². The standard InChI is InChI=1S/C15H17FN2/c16-15(11-6-9-17-10-7-11)13-3-1-5-14-12(13)4-2-8-18-14/h1-5,8,11,15,17H,6-7,9-10H2. The normalized spacial score (nSPS) is 18.9. The lowest BCUT2D eigenvalue weighted by Crippen LogP contribution is -2.29. The van der Waals surface area contributed by atoms with Crippen molar-refractivity contribution in [3.05, 3.63) is 42.1 Å². The van der Waals surface area contributed by atoms with Crippen molar-refractivity contribution in [1.82, 2.24) is 10.3 Å². The molecule has 0 saturated carbocycles. The Hall–Kier alpha value is -1.48. The molecule has 1 N–H and O–H groups in total. The minimum absolute atomic E-state index is 0.136. The number of pyridine rings is 1. The molecule has 1 aliphatic heterocycles. The number of nitrogens with zero attached hydrogens (tertiary/aromatic N) is 1. The monoisotopic (exact) mass is 244 g/mol. The number of fused-ring (bicyclic) bond motifs is 1. The van der Waals surface area contributed by atoms with Gasteiger partial charge in [0.25, 0.3) is 0 Å². The maximum Gasteiger partial charge on any atom is 0.129 e. The summed E-state index contributed by atoms with van der Waals surface area (Å²) in [6.07, 6.45) is 2.71. The topological polar surface area (TPSA) is 24.9 Å². The number of aromatic nitrogens is 1. The first-order chi connectivity index (χ1) is 8.86. The second-order valence-corrected chi connectivity index (χ2v) is 4.91. The average molecular weight is 244 g/mol. The van der Waals surface area contributed by atoms with Gasteiger partial charge in [0.1, 0.15) is 6.17 Å². The lowest BCUT2D eigenvalue weighted by molar-refractivity contribution is 0.192. The van der Waals surface area contributed by atoms with Crippen LogP contribution in [0.2, 0.25) is 0 Å². The van der Waals surface area contributed by atoms with Crippen LogP contribution in [0.4, 0.5) is 4.39 Å². The molecule has 2 heterocycles. The number of alkyl halides is 1. The zero-order chi connectivity index (χ0) is 12.4. The molecule has 94 valence electrons. The van der Waals surface area contributed by atoms with Crippen LogP contribution in [0.25, 0.3) is 10.9 Å². The largest absolute Gasteiger partial charge is 0.317 e. The van der Waals surface area contributed by atoms with Crippen LogP contribution in [0.1, 0.15) is 24.6 Å². The summed E-state index contributed by atoms with van der Waals surface area (Å²) in [5.74, 6) is 0.136. The summed E-state index contributed by atoms with van der Waals surface area (Å²) in [5.41, 5.74) is 1.68. The van der Waals surface area contributed by atoms with E-state index in [1.165, 1.54) is 0 Å². The van der Waals surface area contributed by atoms with Gasteiger partial charge in [-0.1, -0.05) is 18.2 Å². The molecule has 1 aromatic heterocycles. The number of piperidine rings is 1. The Kier molecular flexibility index (Phi) is 3.24. The lowest BCUT2D eigenvalue weighted by Gasteiger charge is -2.26. The molecule has 2 nitrogen and oxygen atoms in total. The molecule has 1 fully saturated rings. The molecule has 0 bridgehead atoms. The first-order valence-electron chi connectivity index (χ1n) is 6.54. The molecule has 1 saturated heterocycles.